The van der Waals surface area contributed by atoms with Crippen molar-refractivity contribution in [3.63, 3.8) is 0 Å². The molecule has 0 aliphatic rings. The van der Waals surface area contributed by atoms with Crippen LogP contribution in [0.3, 0.4) is 0 Å². The fraction of sp³-hybridized carbons (Fsp3) is 0.235. The van der Waals surface area contributed by atoms with E-state index in [0.29, 0.717) is 12.1 Å². The molecule has 0 aliphatic carbocycles. The maximum absolute atomic E-state index is 12.2. The van der Waals surface area contributed by atoms with E-state index in [4.69, 9.17) is 5.73 Å². The van der Waals surface area contributed by atoms with Crippen LogP contribution in [0.2, 0.25) is 0 Å². The van der Waals surface area contributed by atoms with Crippen LogP contribution >= 0.6 is 15.9 Å². The van der Waals surface area contributed by atoms with E-state index in [0.717, 1.165) is 22.0 Å². The van der Waals surface area contributed by atoms with Crippen molar-refractivity contribution in [2.45, 2.75) is 25.8 Å². The van der Waals surface area contributed by atoms with Gasteiger partial charge >= 0.3 is 0 Å². The normalized spacial score (nSPS) is 11.9. The van der Waals surface area contributed by atoms with E-state index in [1.807, 2.05) is 48.5 Å². The molecule has 0 radical (unpaired) electrons. The van der Waals surface area contributed by atoms with Gasteiger partial charge in [-0.2, -0.15) is 0 Å². The highest BCUT2D eigenvalue weighted by molar-refractivity contribution is 9.10. The lowest BCUT2D eigenvalue weighted by Crippen LogP contribution is -2.29. The lowest BCUT2D eigenvalue weighted by molar-refractivity contribution is -0.121. The molecule has 3 N–H and O–H groups in total. The Kier molecular flexibility index (Phi) is 5.39. The second-order valence-electron chi connectivity index (χ2n) is 5.00. The molecule has 1 unspecified atom stereocenters. The van der Waals surface area contributed by atoms with Gasteiger partial charge in [-0.25, -0.2) is 0 Å². The minimum atomic E-state index is 0.0227. The van der Waals surface area contributed by atoms with Gasteiger partial charge in [0.05, 0.1) is 12.5 Å². The molecule has 0 saturated carbocycles. The number of hydrogen-bond acceptors (Lipinski definition) is 2. The Morgan fingerprint density at radius 3 is 2.33 bits per heavy atom. The van der Waals surface area contributed by atoms with Gasteiger partial charge in [-0.15, -0.1) is 0 Å². The number of halogens is 1. The molecule has 21 heavy (non-hydrogen) atoms. The van der Waals surface area contributed by atoms with Crippen molar-refractivity contribution in [1.82, 2.24) is 5.32 Å². The summed E-state index contributed by atoms with van der Waals surface area (Å²) in [7, 11) is 0. The molecule has 4 heteroatoms. The van der Waals surface area contributed by atoms with Crippen molar-refractivity contribution in [2.75, 3.05) is 5.73 Å². The van der Waals surface area contributed by atoms with Crippen molar-refractivity contribution in [2.24, 2.45) is 0 Å². The Hall–Kier alpha value is -1.81. The highest BCUT2D eigenvalue weighted by Crippen LogP contribution is 2.19. The number of nitrogens with two attached hydrogens (primary N) is 1. The lowest BCUT2D eigenvalue weighted by Gasteiger charge is -2.17. The van der Waals surface area contributed by atoms with Gasteiger partial charge in [0.2, 0.25) is 5.91 Å². The topological polar surface area (TPSA) is 55.1 Å². The summed E-state index contributed by atoms with van der Waals surface area (Å²) in [6, 6.07) is 15.5. The Morgan fingerprint density at radius 1 is 1.14 bits per heavy atom. The number of nitrogen functional groups attached to an aromatic ring is 1. The molecule has 1 amide bonds. The second kappa shape index (κ2) is 7.27. The average molecular weight is 347 g/mol. The van der Waals surface area contributed by atoms with E-state index < -0.39 is 0 Å². The van der Waals surface area contributed by atoms with Crippen LogP contribution in [0.1, 0.15) is 30.5 Å². The van der Waals surface area contributed by atoms with Crippen molar-refractivity contribution >= 4 is 27.5 Å². The molecule has 0 heterocycles. The fourth-order valence-corrected chi connectivity index (χ4v) is 2.45. The SMILES string of the molecule is CCC(NC(=O)Cc1ccc(N)cc1)c1ccc(Br)cc1. The van der Waals surface area contributed by atoms with Crippen molar-refractivity contribution < 1.29 is 4.79 Å². The summed E-state index contributed by atoms with van der Waals surface area (Å²) < 4.78 is 1.04. The second-order valence-corrected chi connectivity index (χ2v) is 5.91. The van der Waals surface area contributed by atoms with Crippen LogP contribution in [0.15, 0.2) is 53.0 Å². The van der Waals surface area contributed by atoms with E-state index in [-0.39, 0.29) is 11.9 Å². The smallest absolute Gasteiger partial charge is 0.224 e. The number of rotatable bonds is 5. The molecule has 0 bridgehead atoms. The number of benzene rings is 2. The standard InChI is InChI=1S/C17H19BrN2O/c1-2-16(13-5-7-14(18)8-6-13)20-17(21)11-12-3-9-15(19)10-4-12/h3-10,16H,2,11,19H2,1H3,(H,20,21). The first-order valence-corrected chi connectivity index (χ1v) is 7.77. The van der Waals surface area contributed by atoms with Crippen LogP contribution in [0.4, 0.5) is 5.69 Å². The molecule has 0 saturated heterocycles. The molecule has 2 aromatic rings. The monoisotopic (exact) mass is 346 g/mol. The van der Waals surface area contributed by atoms with Gasteiger partial charge in [-0.3, -0.25) is 4.79 Å². The molecule has 0 spiro atoms. The number of amides is 1. The maximum Gasteiger partial charge on any atom is 0.224 e. The third-order valence-electron chi connectivity index (χ3n) is 3.36. The van der Waals surface area contributed by atoms with E-state index in [2.05, 4.69) is 28.2 Å². The van der Waals surface area contributed by atoms with Crippen LogP contribution in [0.5, 0.6) is 0 Å². The molecule has 2 rings (SSSR count). The number of carbonyl (C=O) groups excluding carboxylic acids is 1. The summed E-state index contributed by atoms with van der Waals surface area (Å²) >= 11 is 3.42. The number of hydrogen-bond donors (Lipinski definition) is 2. The Balaban J connectivity index is 1.99. The zero-order chi connectivity index (χ0) is 15.2. The molecule has 2 aromatic carbocycles. The molecular weight excluding hydrogens is 328 g/mol. The van der Waals surface area contributed by atoms with Crippen molar-refractivity contribution in [3.05, 3.63) is 64.1 Å². The van der Waals surface area contributed by atoms with Crippen molar-refractivity contribution in [1.29, 1.82) is 0 Å². The average Bonchev–Trinajstić information content (AvgIpc) is 2.48. The zero-order valence-electron chi connectivity index (χ0n) is 12.0. The van der Waals surface area contributed by atoms with Gasteiger partial charge in [0, 0.05) is 10.2 Å². The number of carbonyl (C=O) groups is 1. The molecule has 3 nitrogen and oxygen atoms in total. The number of anilines is 1. The lowest BCUT2D eigenvalue weighted by atomic mass is 10.0. The van der Waals surface area contributed by atoms with Crippen LogP contribution in [-0.2, 0) is 11.2 Å². The first kappa shape index (κ1) is 15.6. The Bertz CT molecular complexity index is 593. The quantitative estimate of drug-likeness (QED) is 0.808. The third-order valence-corrected chi connectivity index (χ3v) is 3.89. The predicted octanol–water partition coefficient (Wildman–Crippen LogP) is 3.84. The van der Waals surface area contributed by atoms with E-state index in [9.17, 15) is 4.79 Å². The van der Waals surface area contributed by atoms with E-state index >= 15 is 0 Å². The van der Waals surface area contributed by atoms with Gasteiger partial charge in [-0.05, 0) is 41.8 Å². The van der Waals surface area contributed by atoms with Gasteiger partial charge in [0.1, 0.15) is 0 Å². The van der Waals surface area contributed by atoms with Gasteiger partial charge in [0.15, 0.2) is 0 Å². The summed E-state index contributed by atoms with van der Waals surface area (Å²) in [6.07, 6.45) is 1.22. The first-order chi connectivity index (χ1) is 10.1. The fourth-order valence-electron chi connectivity index (χ4n) is 2.18. The first-order valence-electron chi connectivity index (χ1n) is 6.97. The van der Waals surface area contributed by atoms with Crippen molar-refractivity contribution in [3.8, 4) is 0 Å². The molecule has 0 aliphatic heterocycles. The van der Waals surface area contributed by atoms with Gasteiger partial charge in [0.25, 0.3) is 0 Å². The Labute approximate surface area is 133 Å². The minimum absolute atomic E-state index is 0.0227. The van der Waals surface area contributed by atoms with Crippen LogP contribution in [0.25, 0.3) is 0 Å². The summed E-state index contributed by atoms with van der Waals surface area (Å²) in [5.74, 6) is 0.0227. The van der Waals surface area contributed by atoms with Gasteiger partial charge in [-0.1, -0.05) is 47.1 Å². The Morgan fingerprint density at radius 2 is 1.76 bits per heavy atom. The minimum Gasteiger partial charge on any atom is -0.399 e. The molecule has 110 valence electrons. The molecule has 1 atom stereocenters. The third kappa shape index (κ3) is 4.60. The predicted molar refractivity (Wildman–Crippen MR) is 89.9 cm³/mol. The highest BCUT2D eigenvalue weighted by Gasteiger charge is 2.12. The van der Waals surface area contributed by atoms with E-state index in [1.54, 1.807) is 0 Å². The largest absolute Gasteiger partial charge is 0.399 e. The van der Waals surface area contributed by atoms with Crippen LogP contribution < -0.4 is 11.1 Å². The zero-order valence-corrected chi connectivity index (χ0v) is 13.6. The van der Waals surface area contributed by atoms with Crippen LogP contribution in [-0.4, -0.2) is 5.91 Å². The molecule has 0 aromatic heterocycles. The van der Waals surface area contributed by atoms with Crippen LogP contribution in [0, 0.1) is 0 Å². The number of nitrogens with one attached hydrogen (secondary N) is 1. The highest BCUT2D eigenvalue weighted by atomic mass is 79.9. The molecular formula is C17H19BrN2O. The summed E-state index contributed by atoms with van der Waals surface area (Å²) in [5, 5.41) is 3.08. The summed E-state index contributed by atoms with van der Waals surface area (Å²) in [5.41, 5.74) is 8.43. The van der Waals surface area contributed by atoms with E-state index in [1.165, 1.54) is 0 Å². The van der Waals surface area contributed by atoms with Gasteiger partial charge < -0.3 is 11.1 Å². The summed E-state index contributed by atoms with van der Waals surface area (Å²) in [6.45, 7) is 2.07. The molecule has 0 fully saturated rings. The summed E-state index contributed by atoms with van der Waals surface area (Å²) in [4.78, 5) is 12.2. The maximum atomic E-state index is 12.2.